The van der Waals surface area contributed by atoms with Gasteiger partial charge in [0.15, 0.2) is 0 Å². The van der Waals surface area contributed by atoms with Gasteiger partial charge >= 0.3 is 5.97 Å². The molecular formula is C11H17Br2NO3Si. The normalized spacial score (nSPS) is 11.8. The molecule has 1 aromatic rings. The smallest absolute Gasteiger partial charge is 0.352 e. The van der Waals surface area contributed by atoms with E-state index in [2.05, 4.69) is 51.5 Å². The molecule has 0 fully saturated rings. The number of carbonyl (C=O) groups is 1. The highest BCUT2D eigenvalue weighted by atomic mass is 79.9. The van der Waals surface area contributed by atoms with Crippen LogP contribution in [0, 0.1) is 0 Å². The SMILES string of the molecule is C[Si](C)(C)CCOCn1c(C(=O)O)cc(Br)c1Br. The van der Waals surface area contributed by atoms with Crippen molar-refractivity contribution in [3.05, 3.63) is 20.8 Å². The van der Waals surface area contributed by atoms with Crippen molar-refractivity contribution in [2.24, 2.45) is 0 Å². The molecular weight excluding hydrogens is 382 g/mol. The number of hydrogen-bond donors (Lipinski definition) is 1. The number of ether oxygens (including phenoxy) is 1. The summed E-state index contributed by atoms with van der Waals surface area (Å²) in [6, 6.07) is 2.63. The van der Waals surface area contributed by atoms with Crippen molar-refractivity contribution in [3.63, 3.8) is 0 Å². The van der Waals surface area contributed by atoms with E-state index in [9.17, 15) is 4.79 Å². The zero-order valence-corrected chi connectivity index (χ0v) is 14.8. The maximum absolute atomic E-state index is 11.1. The zero-order chi connectivity index (χ0) is 13.9. The lowest BCUT2D eigenvalue weighted by Crippen LogP contribution is -2.22. The van der Waals surface area contributed by atoms with Gasteiger partial charge in [-0.05, 0) is 44.0 Å². The van der Waals surface area contributed by atoms with Gasteiger partial charge in [-0.2, -0.15) is 0 Å². The summed E-state index contributed by atoms with van der Waals surface area (Å²) in [6.07, 6.45) is 0. The van der Waals surface area contributed by atoms with Crippen LogP contribution in [0.3, 0.4) is 0 Å². The molecule has 0 saturated heterocycles. The van der Waals surface area contributed by atoms with Crippen LogP contribution in [0.25, 0.3) is 0 Å². The van der Waals surface area contributed by atoms with Crippen molar-refractivity contribution in [1.29, 1.82) is 0 Å². The molecule has 0 saturated carbocycles. The molecule has 18 heavy (non-hydrogen) atoms. The first kappa shape index (κ1) is 15.9. The summed E-state index contributed by atoms with van der Waals surface area (Å²) < 4.78 is 8.56. The van der Waals surface area contributed by atoms with Gasteiger partial charge in [0, 0.05) is 14.7 Å². The molecule has 0 atom stereocenters. The second kappa shape index (κ2) is 6.36. The number of aromatic nitrogens is 1. The summed E-state index contributed by atoms with van der Waals surface area (Å²) in [5.74, 6) is -0.963. The quantitative estimate of drug-likeness (QED) is 0.581. The van der Waals surface area contributed by atoms with E-state index < -0.39 is 14.0 Å². The molecule has 102 valence electrons. The number of rotatable bonds is 6. The average Bonchev–Trinajstić information content (AvgIpc) is 2.50. The molecule has 1 rings (SSSR count). The third-order valence-electron chi connectivity index (χ3n) is 2.42. The van der Waals surface area contributed by atoms with Gasteiger partial charge in [0.25, 0.3) is 0 Å². The Hall–Kier alpha value is -0.113. The molecule has 0 amide bonds. The van der Waals surface area contributed by atoms with Crippen LogP contribution in [0.1, 0.15) is 10.5 Å². The van der Waals surface area contributed by atoms with Gasteiger partial charge in [-0.1, -0.05) is 19.6 Å². The number of carboxylic acids is 1. The van der Waals surface area contributed by atoms with Gasteiger partial charge < -0.3 is 14.4 Å². The summed E-state index contributed by atoms with van der Waals surface area (Å²) >= 11 is 6.64. The predicted molar refractivity (Wildman–Crippen MR) is 80.9 cm³/mol. The molecule has 4 nitrogen and oxygen atoms in total. The van der Waals surface area contributed by atoms with E-state index in [1.54, 1.807) is 10.6 Å². The zero-order valence-electron chi connectivity index (χ0n) is 10.7. The monoisotopic (exact) mass is 397 g/mol. The fourth-order valence-corrected chi connectivity index (χ4v) is 2.93. The number of carboxylic acid groups (broad SMARTS) is 1. The predicted octanol–water partition coefficient (Wildman–Crippen LogP) is 4.02. The van der Waals surface area contributed by atoms with E-state index >= 15 is 0 Å². The molecule has 0 unspecified atom stereocenters. The Bertz CT molecular complexity index is 440. The van der Waals surface area contributed by atoms with Crippen LogP contribution < -0.4 is 0 Å². The Morgan fingerprint density at radius 2 is 2.06 bits per heavy atom. The Balaban J connectivity index is 2.64. The van der Waals surface area contributed by atoms with Gasteiger partial charge in [0.2, 0.25) is 0 Å². The van der Waals surface area contributed by atoms with Gasteiger partial charge in [-0.3, -0.25) is 0 Å². The van der Waals surface area contributed by atoms with Gasteiger partial charge in [-0.15, -0.1) is 0 Å². The molecule has 0 aliphatic carbocycles. The maximum atomic E-state index is 11.1. The first-order chi connectivity index (χ1) is 8.22. The molecule has 0 aliphatic rings. The summed E-state index contributed by atoms with van der Waals surface area (Å²) in [4.78, 5) is 11.1. The van der Waals surface area contributed by atoms with Crippen molar-refractivity contribution < 1.29 is 14.6 Å². The van der Waals surface area contributed by atoms with Crippen molar-refractivity contribution in [3.8, 4) is 0 Å². The molecule has 1 N–H and O–H groups in total. The standard InChI is InChI=1S/C11H17Br2NO3Si/c1-18(2,3)5-4-17-7-14-9(11(15)16)6-8(12)10(14)13/h6H,4-5,7H2,1-3H3,(H,15,16). The number of halogens is 2. The van der Waals surface area contributed by atoms with Gasteiger partial charge in [0.05, 0.1) is 4.47 Å². The second-order valence-corrected chi connectivity index (χ2v) is 12.5. The van der Waals surface area contributed by atoms with E-state index in [4.69, 9.17) is 9.84 Å². The Morgan fingerprint density at radius 3 is 2.56 bits per heavy atom. The molecule has 0 radical (unpaired) electrons. The largest absolute Gasteiger partial charge is 0.477 e. The lowest BCUT2D eigenvalue weighted by atomic mass is 10.4. The minimum Gasteiger partial charge on any atom is -0.477 e. The Labute approximate surface area is 125 Å². The molecule has 0 aromatic carbocycles. The van der Waals surface area contributed by atoms with Crippen LogP contribution in [0.4, 0.5) is 0 Å². The highest BCUT2D eigenvalue weighted by Crippen LogP contribution is 2.27. The van der Waals surface area contributed by atoms with E-state index in [0.717, 1.165) is 6.04 Å². The van der Waals surface area contributed by atoms with Crippen LogP contribution in [-0.4, -0.2) is 30.3 Å². The van der Waals surface area contributed by atoms with Crippen LogP contribution >= 0.6 is 31.9 Å². The number of hydrogen-bond acceptors (Lipinski definition) is 2. The lowest BCUT2D eigenvalue weighted by molar-refractivity contribution is 0.0618. The van der Waals surface area contributed by atoms with Gasteiger partial charge in [0.1, 0.15) is 17.0 Å². The van der Waals surface area contributed by atoms with E-state index in [-0.39, 0.29) is 12.4 Å². The molecule has 0 spiro atoms. The molecule has 0 aliphatic heterocycles. The molecule has 1 heterocycles. The van der Waals surface area contributed by atoms with Crippen molar-refractivity contribution in [2.45, 2.75) is 32.4 Å². The fraction of sp³-hybridized carbons (Fsp3) is 0.545. The summed E-state index contributed by atoms with van der Waals surface area (Å²) in [6.45, 7) is 7.75. The highest BCUT2D eigenvalue weighted by molar-refractivity contribution is 9.13. The second-order valence-electron chi connectivity index (χ2n) is 5.25. The van der Waals surface area contributed by atoms with Gasteiger partial charge in [-0.25, -0.2) is 4.79 Å². The lowest BCUT2D eigenvalue weighted by Gasteiger charge is -2.16. The summed E-state index contributed by atoms with van der Waals surface area (Å²) in [7, 11) is -1.11. The minimum absolute atomic E-state index is 0.210. The van der Waals surface area contributed by atoms with Crippen LogP contribution in [0.15, 0.2) is 15.1 Å². The number of aromatic carboxylic acids is 1. The molecule has 7 heteroatoms. The topological polar surface area (TPSA) is 51.5 Å². The van der Waals surface area contributed by atoms with Crippen molar-refractivity contribution in [2.75, 3.05) is 6.61 Å². The Morgan fingerprint density at radius 1 is 1.44 bits per heavy atom. The van der Waals surface area contributed by atoms with E-state index in [0.29, 0.717) is 15.7 Å². The van der Waals surface area contributed by atoms with E-state index in [1.807, 2.05) is 0 Å². The van der Waals surface area contributed by atoms with E-state index in [1.165, 1.54) is 0 Å². The van der Waals surface area contributed by atoms with Crippen LogP contribution in [0.5, 0.6) is 0 Å². The third kappa shape index (κ3) is 4.53. The highest BCUT2D eigenvalue weighted by Gasteiger charge is 2.17. The van der Waals surface area contributed by atoms with Crippen LogP contribution in [0.2, 0.25) is 25.7 Å². The summed E-state index contributed by atoms with van der Waals surface area (Å²) in [5, 5.41) is 9.08. The Kier molecular flexibility index (Phi) is 5.63. The fourth-order valence-electron chi connectivity index (χ4n) is 1.33. The first-order valence-electron chi connectivity index (χ1n) is 5.58. The third-order valence-corrected chi connectivity index (χ3v) is 6.12. The molecule has 1 aromatic heterocycles. The molecule has 0 bridgehead atoms. The summed E-state index contributed by atoms with van der Waals surface area (Å²) in [5.41, 5.74) is 0.210. The average molecular weight is 399 g/mol. The number of nitrogens with zero attached hydrogens (tertiary/aromatic N) is 1. The van der Waals surface area contributed by atoms with Crippen LogP contribution in [-0.2, 0) is 11.5 Å². The van der Waals surface area contributed by atoms with Crippen molar-refractivity contribution >= 4 is 45.9 Å². The van der Waals surface area contributed by atoms with Crippen molar-refractivity contribution in [1.82, 2.24) is 4.57 Å². The first-order valence-corrected chi connectivity index (χ1v) is 10.9. The maximum Gasteiger partial charge on any atom is 0.352 e. The minimum atomic E-state index is -1.11.